The van der Waals surface area contributed by atoms with Crippen LogP contribution in [0.5, 0.6) is 0 Å². The van der Waals surface area contributed by atoms with E-state index in [0.717, 1.165) is 28.1 Å². The fourth-order valence-electron chi connectivity index (χ4n) is 3.87. The lowest BCUT2D eigenvalue weighted by Crippen LogP contribution is -2.25. The van der Waals surface area contributed by atoms with Gasteiger partial charge in [-0.15, -0.1) is 0 Å². The second-order valence-electron chi connectivity index (χ2n) is 10.0. The molecule has 3 heterocycles. The minimum atomic E-state index is -1.44. The number of aryl methyl sites for hydroxylation is 1. The highest BCUT2D eigenvalue weighted by Gasteiger charge is 2.24. The lowest BCUT2D eigenvalue weighted by atomic mass is 9.99. The summed E-state index contributed by atoms with van der Waals surface area (Å²) in [7, 11) is -1.44. The van der Waals surface area contributed by atoms with Gasteiger partial charge >= 0.3 is 5.97 Å². The number of carbonyl (C=O) groups is 1. The Morgan fingerprint density at radius 1 is 1.14 bits per heavy atom. The van der Waals surface area contributed by atoms with Crippen LogP contribution in [-0.4, -0.2) is 41.2 Å². The summed E-state index contributed by atoms with van der Waals surface area (Å²) >= 11 is 0. The number of ether oxygens (including phenoxy) is 1. The summed E-state index contributed by atoms with van der Waals surface area (Å²) < 4.78 is 13.1. The zero-order valence-electron chi connectivity index (χ0n) is 22.1. The number of benzene rings is 1. The number of hydrogen-bond donors (Lipinski definition) is 0. The fraction of sp³-hybridized carbons (Fsp3) is 0.321. The van der Waals surface area contributed by atoms with Gasteiger partial charge in [-0.05, 0) is 61.3 Å². The molecule has 1 aromatic carbocycles. The van der Waals surface area contributed by atoms with Gasteiger partial charge in [-0.25, -0.2) is 14.3 Å². The number of hydrogen-bond acceptors (Lipinski definition) is 7. The van der Waals surface area contributed by atoms with E-state index in [4.69, 9.17) is 19.2 Å². The van der Waals surface area contributed by atoms with Gasteiger partial charge in [0.25, 0.3) is 0 Å². The van der Waals surface area contributed by atoms with E-state index in [0.29, 0.717) is 23.5 Å². The van der Waals surface area contributed by atoms with Crippen LogP contribution in [-0.2, 0) is 15.8 Å². The summed E-state index contributed by atoms with van der Waals surface area (Å²) in [5, 5.41) is 14.4. The van der Waals surface area contributed by atoms with E-state index in [1.165, 1.54) is 0 Å². The van der Waals surface area contributed by atoms with Gasteiger partial charge < -0.3 is 9.16 Å². The monoisotopic (exact) mass is 513 g/mol. The first-order chi connectivity index (χ1) is 17.6. The Hall–Kier alpha value is -3.87. The van der Waals surface area contributed by atoms with Crippen molar-refractivity contribution in [3.63, 3.8) is 0 Å². The van der Waals surface area contributed by atoms with E-state index in [1.54, 1.807) is 35.8 Å². The normalized spacial score (nSPS) is 12.4. The number of carbonyl (C=O) groups excluding carboxylic acids is 1. The van der Waals surface area contributed by atoms with Crippen molar-refractivity contribution in [1.29, 1.82) is 5.26 Å². The molecule has 190 valence electrons. The highest BCUT2D eigenvalue weighted by Crippen LogP contribution is 2.36. The largest absolute Gasteiger partial charge is 0.461 e. The minimum Gasteiger partial charge on any atom is -0.461 e. The van der Waals surface area contributed by atoms with Crippen molar-refractivity contribution in [3.8, 4) is 28.5 Å². The smallest absolute Gasteiger partial charge is 0.357 e. The quantitative estimate of drug-likeness (QED) is 0.238. The molecule has 0 aliphatic rings. The Balaban J connectivity index is 1.89. The van der Waals surface area contributed by atoms with Crippen LogP contribution in [0.2, 0.25) is 11.6 Å². The standard InChI is InChI=1S/C28H31N5O3Si/c1-7-35-27(34)23-11-12-33-26(31-23)24(25(32-33)20-10-8-9-19(14-20)16-29)21-13-18(2)30-22(15-21)17-36-37(6)28(3,4)5/h8-15,37H,7,17H2,1-6H3. The first kappa shape index (κ1) is 26.2. The van der Waals surface area contributed by atoms with Crippen molar-refractivity contribution < 1.29 is 14.0 Å². The molecule has 0 spiro atoms. The lowest BCUT2D eigenvalue weighted by Gasteiger charge is -2.25. The Kier molecular flexibility index (Phi) is 7.52. The molecule has 4 rings (SSSR count). The highest BCUT2D eigenvalue weighted by molar-refractivity contribution is 6.53. The molecule has 37 heavy (non-hydrogen) atoms. The van der Waals surface area contributed by atoms with E-state index in [2.05, 4.69) is 38.4 Å². The van der Waals surface area contributed by atoms with Crippen LogP contribution < -0.4 is 0 Å². The maximum atomic E-state index is 12.5. The molecule has 1 unspecified atom stereocenters. The maximum absolute atomic E-state index is 12.5. The maximum Gasteiger partial charge on any atom is 0.357 e. The molecule has 0 radical (unpaired) electrons. The average molecular weight is 514 g/mol. The number of rotatable bonds is 7. The van der Waals surface area contributed by atoms with Crippen LogP contribution in [0.3, 0.4) is 0 Å². The van der Waals surface area contributed by atoms with Crippen molar-refractivity contribution in [3.05, 3.63) is 71.3 Å². The van der Waals surface area contributed by atoms with Crippen LogP contribution in [0.15, 0.2) is 48.7 Å². The van der Waals surface area contributed by atoms with Crippen LogP contribution in [0.4, 0.5) is 0 Å². The molecule has 0 fully saturated rings. The molecule has 8 nitrogen and oxygen atoms in total. The molecule has 9 heteroatoms. The Bertz CT molecular complexity index is 1500. The lowest BCUT2D eigenvalue weighted by molar-refractivity contribution is 0.0519. The molecular weight excluding hydrogens is 482 g/mol. The van der Waals surface area contributed by atoms with Gasteiger partial charge in [0.1, 0.15) is 5.69 Å². The molecule has 0 amide bonds. The third-order valence-electron chi connectivity index (χ3n) is 6.23. The van der Waals surface area contributed by atoms with Gasteiger partial charge in [0, 0.05) is 17.5 Å². The van der Waals surface area contributed by atoms with E-state index in [-0.39, 0.29) is 17.3 Å². The van der Waals surface area contributed by atoms with Crippen LogP contribution >= 0.6 is 0 Å². The molecule has 0 saturated heterocycles. The van der Waals surface area contributed by atoms with Gasteiger partial charge in [-0.3, -0.25) is 4.98 Å². The molecule has 4 aromatic rings. The number of esters is 1. The zero-order valence-corrected chi connectivity index (χ0v) is 23.2. The summed E-state index contributed by atoms with van der Waals surface area (Å²) in [5.74, 6) is -0.494. The predicted molar refractivity (Wildman–Crippen MR) is 145 cm³/mol. The topological polar surface area (TPSA) is 102 Å². The van der Waals surface area contributed by atoms with Gasteiger partial charge in [-0.1, -0.05) is 32.9 Å². The van der Waals surface area contributed by atoms with Gasteiger partial charge in [0.2, 0.25) is 0 Å². The van der Waals surface area contributed by atoms with Crippen LogP contribution in [0, 0.1) is 18.3 Å². The number of fused-ring (bicyclic) bond motifs is 1. The van der Waals surface area contributed by atoms with Gasteiger partial charge in [0.15, 0.2) is 20.4 Å². The van der Waals surface area contributed by atoms with E-state index < -0.39 is 15.0 Å². The summed E-state index contributed by atoms with van der Waals surface area (Å²) in [5.41, 5.74) is 5.92. The van der Waals surface area contributed by atoms with Gasteiger partial charge in [-0.2, -0.15) is 10.4 Å². The molecule has 0 saturated carbocycles. The van der Waals surface area contributed by atoms with E-state index in [1.807, 2.05) is 31.2 Å². The molecule has 0 bridgehead atoms. The third kappa shape index (κ3) is 5.76. The Morgan fingerprint density at radius 2 is 1.92 bits per heavy atom. The Labute approximate surface area is 218 Å². The third-order valence-corrected chi connectivity index (χ3v) is 9.34. The SMILES string of the molecule is CCOC(=O)c1ccn2nc(-c3cccc(C#N)c3)c(-c3cc(C)nc(CO[SiH](C)C(C)(C)C)c3)c2n1. The average Bonchev–Trinajstić information content (AvgIpc) is 3.25. The van der Waals surface area contributed by atoms with Crippen LogP contribution in [0.25, 0.3) is 28.0 Å². The number of pyridine rings is 1. The zero-order chi connectivity index (χ0) is 26.7. The highest BCUT2D eigenvalue weighted by atomic mass is 28.3. The summed E-state index contributed by atoms with van der Waals surface area (Å²) in [6.45, 7) is 13.2. The van der Waals surface area contributed by atoms with E-state index >= 15 is 0 Å². The summed E-state index contributed by atoms with van der Waals surface area (Å²) in [6.07, 6.45) is 1.70. The second-order valence-corrected chi connectivity index (χ2v) is 13.4. The fourth-order valence-corrected chi connectivity index (χ4v) is 4.79. The molecule has 3 aromatic heterocycles. The number of aromatic nitrogens is 4. The van der Waals surface area contributed by atoms with Crippen LogP contribution in [0.1, 0.15) is 55.1 Å². The predicted octanol–water partition coefficient (Wildman–Crippen LogP) is 5.49. The molecule has 0 N–H and O–H groups in total. The van der Waals surface area contributed by atoms with Crippen molar-refractivity contribution >= 4 is 20.7 Å². The summed E-state index contributed by atoms with van der Waals surface area (Å²) in [4.78, 5) is 21.8. The molecule has 1 atom stereocenters. The summed E-state index contributed by atoms with van der Waals surface area (Å²) in [6, 6.07) is 15.0. The number of nitriles is 1. The van der Waals surface area contributed by atoms with Crippen molar-refractivity contribution in [2.45, 2.75) is 52.8 Å². The molecule has 0 aliphatic heterocycles. The van der Waals surface area contributed by atoms with Crippen molar-refractivity contribution in [2.75, 3.05) is 6.61 Å². The first-order valence-corrected chi connectivity index (χ1v) is 14.5. The molecule has 0 aliphatic carbocycles. The Morgan fingerprint density at radius 3 is 2.62 bits per heavy atom. The first-order valence-electron chi connectivity index (χ1n) is 12.3. The van der Waals surface area contributed by atoms with E-state index in [9.17, 15) is 10.1 Å². The van der Waals surface area contributed by atoms with Gasteiger partial charge in [0.05, 0.1) is 36.1 Å². The molecular formula is C28H31N5O3Si. The van der Waals surface area contributed by atoms with Crippen molar-refractivity contribution in [2.24, 2.45) is 0 Å². The second kappa shape index (κ2) is 10.6. The minimum absolute atomic E-state index is 0.140. The number of nitrogens with zero attached hydrogens (tertiary/aromatic N) is 5. The van der Waals surface area contributed by atoms with Crippen molar-refractivity contribution in [1.82, 2.24) is 19.6 Å².